The molecule has 0 aliphatic rings. The van der Waals surface area contributed by atoms with E-state index >= 15 is 0 Å². The molecule has 0 atom stereocenters. The topological polar surface area (TPSA) is 124 Å². The molecule has 3 aromatic heterocycles. The van der Waals surface area contributed by atoms with E-state index in [1.54, 1.807) is 0 Å². The van der Waals surface area contributed by atoms with E-state index in [0.717, 1.165) is 40.5 Å². The highest BCUT2D eigenvalue weighted by Gasteiger charge is 2.19. The molecule has 0 saturated heterocycles. The number of nitrogens with two attached hydrogens (primary N) is 1. The molecule has 0 aliphatic heterocycles. The quantitative estimate of drug-likeness (QED) is 0.391. The van der Waals surface area contributed by atoms with Crippen molar-refractivity contribution in [1.29, 1.82) is 0 Å². The van der Waals surface area contributed by atoms with Crippen LogP contribution in [0.2, 0.25) is 0 Å². The Balaban J connectivity index is 1.51. The van der Waals surface area contributed by atoms with E-state index in [4.69, 9.17) is 15.6 Å². The van der Waals surface area contributed by atoms with Crippen LogP contribution in [-0.4, -0.2) is 43.0 Å². The number of hydrogen-bond donors (Lipinski definition) is 3. The fraction of sp³-hybridized carbons (Fsp3) is 0.391. The van der Waals surface area contributed by atoms with Crippen LogP contribution in [-0.2, 0) is 11.3 Å². The second-order valence-corrected chi connectivity index (χ2v) is 8.94. The molecule has 9 nitrogen and oxygen atoms in total. The van der Waals surface area contributed by atoms with Crippen molar-refractivity contribution in [3.8, 4) is 11.4 Å². The molecule has 4 rings (SSSR count). The first-order valence-corrected chi connectivity index (χ1v) is 10.7. The molecule has 1 amide bonds. The van der Waals surface area contributed by atoms with Gasteiger partial charge in [-0.15, -0.1) is 0 Å². The Morgan fingerprint density at radius 1 is 1.22 bits per heavy atom. The lowest BCUT2D eigenvalue weighted by molar-refractivity contribution is 0.0527. The van der Waals surface area contributed by atoms with Gasteiger partial charge in [-0.05, 0) is 58.7 Å². The number of amides is 1. The molecule has 168 valence electrons. The maximum Gasteiger partial charge on any atom is 0.407 e. The molecule has 4 N–H and O–H groups in total. The number of nitrogens with zero attached hydrogens (tertiary/aromatic N) is 4. The molecule has 3 heterocycles. The molecule has 1 aromatic carbocycles. The third-order valence-corrected chi connectivity index (χ3v) is 5.05. The number of unbranched alkanes of at least 4 members (excludes halogenated alkanes) is 1. The van der Waals surface area contributed by atoms with E-state index in [1.807, 2.05) is 25.5 Å². The molecule has 0 bridgehead atoms. The van der Waals surface area contributed by atoms with Crippen LogP contribution >= 0.6 is 0 Å². The second-order valence-electron chi connectivity index (χ2n) is 8.94. The van der Waals surface area contributed by atoms with Crippen molar-refractivity contribution >= 4 is 33.8 Å². The predicted molar refractivity (Wildman–Crippen MR) is 125 cm³/mol. The first-order valence-electron chi connectivity index (χ1n) is 10.7. The van der Waals surface area contributed by atoms with Gasteiger partial charge in [0.1, 0.15) is 23.4 Å². The highest BCUT2D eigenvalue weighted by atomic mass is 16.6. The average molecular weight is 436 g/mol. The summed E-state index contributed by atoms with van der Waals surface area (Å²) in [4.78, 5) is 23.8. The van der Waals surface area contributed by atoms with Gasteiger partial charge >= 0.3 is 6.09 Å². The Labute approximate surface area is 186 Å². The van der Waals surface area contributed by atoms with Crippen molar-refractivity contribution < 1.29 is 9.53 Å². The van der Waals surface area contributed by atoms with Crippen molar-refractivity contribution in [2.24, 2.45) is 0 Å². The van der Waals surface area contributed by atoms with E-state index in [0.29, 0.717) is 24.6 Å². The number of anilines is 1. The van der Waals surface area contributed by atoms with Gasteiger partial charge in [0.15, 0.2) is 5.65 Å². The predicted octanol–water partition coefficient (Wildman–Crippen LogP) is 4.17. The molecular weight excluding hydrogens is 406 g/mol. The van der Waals surface area contributed by atoms with Gasteiger partial charge in [-0.25, -0.2) is 19.4 Å². The number of hydrogen-bond acceptors (Lipinski definition) is 6. The lowest BCUT2D eigenvalue weighted by Crippen LogP contribution is -2.33. The van der Waals surface area contributed by atoms with E-state index in [9.17, 15) is 4.79 Å². The van der Waals surface area contributed by atoms with Gasteiger partial charge in [-0.3, -0.25) is 0 Å². The number of carbonyl (C=O) groups excluding carboxylic acids is 1. The van der Waals surface area contributed by atoms with Gasteiger partial charge in [0.05, 0.1) is 11.1 Å². The summed E-state index contributed by atoms with van der Waals surface area (Å²) in [5.41, 5.74) is 10.2. The smallest absolute Gasteiger partial charge is 0.407 e. The number of aromatic nitrogens is 5. The van der Waals surface area contributed by atoms with Crippen LogP contribution < -0.4 is 11.1 Å². The minimum absolute atomic E-state index is 0.401. The summed E-state index contributed by atoms with van der Waals surface area (Å²) >= 11 is 0. The maximum absolute atomic E-state index is 11.8. The number of benzene rings is 1. The number of fused-ring (bicyclic) bond motifs is 2. The molecule has 0 spiro atoms. The Morgan fingerprint density at radius 2 is 2.03 bits per heavy atom. The number of aryl methyl sites for hydroxylation is 2. The summed E-state index contributed by atoms with van der Waals surface area (Å²) in [6.45, 7) is 8.76. The number of nitrogens with one attached hydrogen (secondary N) is 2. The number of carbonyl (C=O) groups is 1. The molecule has 4 aromatic rings. The third-order valence-electron chi connectivity index (χ3n) is 5.05. The molecule has 0 radical (unpaired) electrons. The van der Waals surface area contributed by atoms with Crippen molar-refractivity contribution in [3.63, 3.8) is 0 Å². The van der Waals surface area contributed by atoms with Crippen LogP contribution in [0.25, 0.3) is 33.3 Å². The van der Waals surface area contributed by atoms with E-state index in [2.05, 4.69) is 51.5 Å². The van der Waals surface area contributed by atoms with Crippen LogP contribution in [0.5, 0.6) is 0 Å². The van der Waals surface area contributed by atoms with Crippen LogP contribution in [0.15, 0.2) is 30.6 Å². The molecule has 0 fully saturated rings. The Kier molecular flexibility index (Phi) is 5.73. The minimum Gasteiger partial charge on any atom is -0.444 e. The molecular formula is C23H29N7O2. The van der Waals surface area contributed by atoms with Crippen LogP contribution in [0.4, 0.5) is 10.6 Å². The summed E-state index contributed by atoms with van der Waals surface area (Å²) in [7, 11) is 0. The highest BCUT2D eigenvalue weighted by molar-refractivity contribution is 5.99. The third kappa shape index (κ3) is 4.66. The first kappa shape index (κ1) is 21.6. The summed E-state index contributed by atoms with van der Waals surface area (Å²) < 4.78 is 7.11. The first-order chi connectivity index (χ1) is 15.2. The number of ether oxygens (including phenoxy) is 1. The molecule has 0 aliphatic carbocycles. The second kappa shape index (κ2) is 8.49. The van der Waals surface area contributed by atoms with Crippen molar-refractivity contribution in [3.05, 3.63) is 36.2 Å². The summed E-state index contributed by atoms with van der Waals surface area (Å²) in [5.74, 6) is 0.401. The lowest BCUT2D eigenvalue weighted by Gasteiger charge is -2.19. The van der Waals surface area contributed by atoms with E-state index in [-0.39, 0.29) is 0 Å². The van der Waals surface area contributed by atoms with Gasteiger partial charge in [0, 0.05) is 24.0 Å². The number of H-pyrrole nitrogens is 1. The minimum atomic E-state index is -0.505. The number of nitrogen functional groups attached to an aromatic ring is 1. The zero-order chi connectivity index (χ0) is 22.9. The van der Waals surface area contributed by atoms with Crippen LogP contribution in [0.3, 0.4) is 0 Å². The summed E-state index contributed by atoms with van der Waals surface area (Å²) in [5, 5.41) is 9.45. The van der Waals surface area contributed by atoms with Gasteiger partial charge in [0.2, 0.25) is 0 Å². The Hall–Kier alpha value is -3.62. The Morgan fingerprint density at radius 3 is 2.81 bits per heavy atom. The molecule has 9 heteroatoms. The van der Waals surface area contributed by atoms with Gasteiger partial charge < -0.3 is 20.8 Å². The lowest BCUT2D eigenvalue weighted by atomic mass is 10.1. The SMILES string of the molecule is Cc1ccc2[nH]c(-c3nn(CCCCNC(=O)OC(C)(C)C)c4ncnc(N)c34)cc2c1. The van der Waals surface area contributed by atoms with Crippen LogP contribution in [0.1, 0.15) is 39.2 Å². The van der Waals surface area contributed by atoms with Gasteiger partial charge in [-0.2, -0.15) is 5.10 Å². The largest absolute Gasteiger partial charge is 0.444 e. The van der Waals surface area contributed by atoms with Crippen LogP contribution in [0, 0.1) is 6.92 Å². The molecule has 0 saturated carbocycles. The average Bonchev–Trinajstić information content (AvgIpc) is 3.28. The standard InChI is InChI=1S/C23H29N7O2/c1-14-7-8-16-15(11-14)12-17(28-16)19-18-20(24)26-13-27-21(18)30(29-19)10-6-5-9-25-22(31)32-23(2,3)4/h7-8,11-13,28H,5-6,9-10H2,1-4H3,(H,25,31)(H2,24,26,27). The zero-order valence-corrected chi connectivity index (χ0v) is 18.9. The molecule has 0 unspecified atom stereocenters. The summed E-state index contributed by atoms with van der Waals surface area (Å²) in [6.07, 6.45) is 2.64. The number of aromatic amines is 1. The summed E-state index contributed by atoms with van der Waals surface area (Å²) in [6, 6.07) is 8.34. The fourth-order valence-corrected chi connectivity index (χ4v) is 3.65. The Bertz CT molecular complexity index is 1270. The maximum atomic E-state index is 11.8. The van der Waals surface area contributed by atoms with E-state index in [1.165, 1.54) is 11.9 Å². The highest BCUT2D eigenvalue weighted by Crippen LogP contribution is 2.32. The van der Waals surface area contributed by atoms with Gasteiger partial charge in [-0.1, -0.05) is 11.6 Å². The van der Waals surface area contributed by atoms with Crippen molar-refractivity contribution in [1.82, 2.24) is 30.0 Å². The monoisotopic (exact) mass is 435 g/mol. The number of rotatable bonds is 6. The normalized spacial score (nSPS) is 11.9. The van der Waals surface area contributed by atoms with Crippen molar-refractivity contribution in [2.45, 2.75) is 52.7 Å². The van der Waals surface area contributed by atoms with E-state index < -0.39 is 11.7 Å². The fourth-order valence-electron chi connectivity index (χ4n) is 3.65. The number of alkyl carbamates (subject to hydrolysis) is 1. The van der Waals surface area contributed by atoms with Crippen molar-refractivity contribution in [2.75, 3.05) is 12.3 Å². The molecule has 32 heavy (non-hydrogen) atoms. The van der Waals surface area contributed by atoms with Gasteiger partial charge in [0.25, 0.3) is 0 Å². The zero-order valence-electron chi connectivity index (χ0n) is 18.9.